The van der Waals surface area contributed by atoms with Crippen molar-refractivity contribution in [2.45, 2.75) is 50.0 Å². The number of rotatable bonds is 2. The third-order valence-electron chi connectivity index (χ3n) is 7.90. The molecule has 2 heterocycles. The smallest absolute Gasteiger partial charge is 0.335 e. The van der Waals surface area contributed by atoms with Crippen molar-refractivity contribution in [1.82, 2.24) is 0 Å². The Hall–Kier alpha value is -2.55. The Labute approximate surface area is 172 Å². The Bertz CT molecular complexity index is 995. The highest BCUT2D eigenvalue weighted by Crippen LogP contribution is 2.59. The van der Waals surface area contributed by atoms with Gasteiger partial charge >= 0.3 is 5.97 Å². The van der Waals surface area contributed by atoms with Crippen molar-refractivity contribution < 1.29 is 9.90 Å². The molecule has 0 aromatic heterocycles. The molecule has 2 aliphatic heterocycles. The number of benzene rings is 2. The molecule has 3 heteroatoms. The standard InChI is InChI=1S/C26H27NO2/c28-26(29)18-13-22-19-10-5-4-9-17(19)15-27-24(16-7-2-1-3-8-16)21-12-6-11-20(21)23(14-18)25(22)27/h1-3,6-8,11,13-14,17,19-21,24H,4-5,9-10,12,15H2,(H,28,29)/t17-,19+,20+,21-,24+/m1/s1. The summed E-state index contributed by atoms with van der Waals surface area (Å²) in [5.41, 5.74) is 5.81. The summed E-state index contributed by atoms with van der Waals surface area (Å²) in [6, 6.07) is 15.3. The van der Waals surface area contributed by atoms with E-state index in [-0.39, 0.29) is 0 Å². The quantitative estimate of drug-likeness (QED) is 0.655. The summed E-state index contributed by atoms with van der Waals surface area (Å²) in [7, 11) is 0. The lowest BCUT2D eigenvalue weighted by atomic mass is 9.66. The highest BCUT2D eigenvalue weighted by molar-refractivity contribution is 5.90. The normalized spacial score (nSPS) is 31.7. The minimum absolute atomic E-state index is 0.324. The molecule has 1 N–H and O–H groups in total. The van der Waals surface area contributed by atoms with E-state index in [2.05, 4.69) is 47.4 Å². The number of hydrogen-bond acceptors (Lipinski definition) is 2. The minimum atomic E-state index is -0.794. The molecule has 1 fully saturated rings. The first kappa shape index (κ1) is 17.3. The van der Waals surface area contributed by atoms with Gasteiger partial charge in [-0.25, -0.2) is 4.79 Å². The van der Waals surface area contributed by atoms with Gasteiger partial charge in [-0.3, -0.25) is 0 Å². The molecule has 4 aliphatic rings. The van der Waals surface area contributed by atoms with E-state index in [1.807, 2.05) is 12.1 Å². The van der Waals surface area contributed by atoms with Gasteiger partial charge in [0.25, 0.3) is 0 Å². The number of allylic oxidation sites excluding steroid dienone is 2. The molecule has 29 heavy (non-hydrogen) atoms. The molecule has 0 unspecified atom stereocenters. The summed E-state index contributed by atoms with van der Waals surface area (Å²) < 4.78 is 0. The zero-order valence-electron chi connectivity index (χ0n) is 16.6. The van der Waals surface area contributed by atoms with Crippen LogP contribution in [0.25, 0.3) is 0 Å². The van der Waals surface area contributed by atoms with Crippen LogP contribution in [0, 0.1) is 11.8 Å². The highest BCUT2D eigenvalue weighted by atomic mass is 16.4. The monoisotopic (exact) mass is 385 g/mol. The molecule has 5 atom stereocenters. The van der Waals surface area contributed by atoms with Crippen molar-refractivity contribution >= 4 is 11.7 Å². The fraction of sp³-hybridized carbons (Fsp3) is 0.423. The lowest BCUT2D eigenvalue weighted by molar-refractivity contribution is 0.0696. The van der Waals surface area contributed by atoms with E-state index in [4.69, 9.17) is 0 Å². The van der Waals surface area contributed by atoms with Gasteiger partial charge in [0.15, 0.2) is 0 Å². The van der Waals surface area contributed by atoms with E-state index in [0.717, 1.165) is 13.0 Å². The largest absolute Gasteiger partial charge is 0.478 e. The van der Waals surface area contributed by atoms with E-state index >= 15 is 0 Å². The van der Waals surface area contributed by atoms with Crippen molar-refractivity contribution in [1.29, 1.82) is 0 Å². The first-order chi connectivity index (χ1) is 14.2. The predicted octanol–water partition coefficient (Wildman–Crippen LogP) is 5.89. The van der Waals surface area contributed by atoms with Crippen molar-refractivity contribution in [2.75, 3.05) is 11.4 Å². The van der Waals surface area contributed by atoms with Gasteiger partial charge in [0.05, 0.1) is 11.6 Å². The fourth-order valence-corrected chi connectivity index (χ4v) is 6.74. The average Bonchev–Trinajstić information content (AvgIpc) is 3.24. The second-order valence-electron chi connectivity index (χ2n) is 9.32. The summed E-state index contributed by atoms with van der Waals surface area (Å²) in [6.07, 6.45) is 10.8. The molecule has 0 bridgehead atoms. The predicted molar refractivity (Wildman–Crippen MR) is 115 cm³/mol. The van der Waals surface area contributed by atoms with E-state index in [1.54, 1.807) is 0 Å². The van der Waals surface area contributed by atoms with Crippen LogP contribution < -0.4 is 4.90 Å². The van der Waals surface area contributed by atoms with Crippen LogP contribution in [-0.4, -0.2) is 17.6 Å². The molecule has 6 rings (SSSR count). The molecule has 2 aliphatic carbocycles. The van der Waals surface area contributed by atoms with Gasteiger partial charge < -0.3 is 10.0 Å². The zero-order chi connectivity index (χ0) is 19.5. The summed E-state index contributed by atoms with van der Waals surface area (Å²) >= 11 is 0. The number of carbonyl (C=O) groups is 1. The molecule has 2 aromatic rings. The number of hydrogen-bond donors (Lipinski definition) is 1. The number of fused-ring (bicyclic) bond motifs is 4. The number of carboxylic acids is 1. The van der Waals surface area contributed by atoms with Crippen LogP contribution in [0.2, 0.25) is 0 Å². The van der Waals surface area contributed by atoms with Gasteiger partial charge in [0.2, 0.25) is 0 Å². The second-order valence-corrected chi connectivity index (χ2v) is 9.32. The number of nitrogens with zero attached hydrogens (tertiary/aromatic N) is 1. The lowest BCUT2D eigenvalue weighted by Gasteiger charge is -2.53. The number of carboxylic acid groups (broad SMARTS) is 1. The first-order valence-electron chi connectivity index (χ1n) is 11.1. The molecular formula is C26H27NO2. The van der Waals surface area contributed by atoms with Crippen LogP contribution in [0.1, 0.15) is 77.0 Å². The second kappa shape index (κ2) is 6.48. The van der Waals surface area contributed by atoms with Crippen LogP contribution in [-0.2, 0) is 0 Å². The third kappa shape index (κ3) is 2.52. The lowest BCUT2D eigenvalue weighted by Crippen LogP contribution is -2.47. The fourth-order valence-electron chi connectivity index (χ4n) is 6.74. The highest BCUT2D eigenvalue weighted by Gasteiger charge is 2.48. The Kier molecular flexibility index (Phi) is 3.87. The Balaban J connectivity index is 1.60. The maximum atomic E-state index is 12.0. The average molecular weight is 386 g/mol. The molecular weight excluding hydrogens is 358 g/mol. The van der Waals surface area contributed by atoms with Crippen molar-refractivity contribution in [2.24, 2.45) is 11.8 Å². The Morgan fingerprint density at radius 2 is 1.83 bits per heavy atom. The van der Waals surface area contributed by atoms with E-state index in [0.29, 0.717) is 35.3 Å². The van der Waals surface area contributed by atoms with E-state index in [1.165, 1.54) is 48.1 Å². The summed E-state index contributed by atoms with van der Waals surface area (Å²) in [4.78, 5) is 14.6. The summed E-state index contributed by atoms with van der Waals surface area (Å²) in [6.45, 7) is 1.11. The number of anilines is 1. The van der Waals surface area contributed by atoms with Crippen molar-refractivity contribution in [3.63, 3.8) is 0 Å². The summed E-state index contributed by atoms with van der Waals surface area (Å²) in [5.74, 6) is 1.18. The molecule has 1 saturated carbocycles. The van der Waals surface area contributed by atoms with Crippen LogP contribution in [0.4, 0.5) is 5.69 Å². The van der Waals surface area contributed by atoms with E-state index in [9.17, 15) is 9.90 Å². The van der Waals surface area contributed by atoms with Gasteiger partial charge in [0.1, 0.15) is 0 Å². The van der Waals surface area contributed by atoms with Gasteiger partial charge in [-0.05, 0) is 65.8 Å². The van der Waals surface area contributed by atoms with Crippen LogP contribution in [0.3, 0.4) is 0 Å². The van der Waals surface area contributed by atoms with Gasteiger partial charge in [0, 0.05) is 18.2 Å². The van der Waals surface area contributed by atoms with Crippen molar-refractivity contribution in [3.8, 4) is 0 Å². The molecule has 3 nitrogen and oxygen atoms in total. The van der Waals surface area contributed by atoms with Gasteiger partial charge in [-0.2, -0.15) is 0 Å². The number of aromatic carboxylic acids is 1. The molecule has 0 saturated heterocycles. The van der Waals surface area contributed by atoms with Gasteiger partial charge in [-0.15, -0.1) is 0 Å². The molecule has 0 radical (unpaired) electrons. The summed E-state index contributed by atoms with van der Waals surface area (Å²) in [5, 5.41) is 9.83. The molecule has 2 aromatic carbocycles. The third-order valence-corrected chi connectivity index (χ3v) is 7.90. The zero-order valence-corrected chi connectivity index (χ0v) is 16.6. The van der Waals surface area contributed by atoms with Crippen LogP contribution in [0.15, 0.2) is 54.6 Å². The molecule has 0 amide bonds. The van der Waals surface area contributed by atoms with E-state index < -0.39 is 5.97 Å². The van der Waals surface area contributed by atoms with Crippen molar-refractivity contribution in [3.05, 3.63) is 76.9 Å². The first-order valence-corrected chi connectivity index (χ1v) is 11.1. The maximum absolute atomic E-state index is 12.0. The SMILES string of the molecule is O=C(O)c1cc2c3c(c1)[C@H]1CCCC[C@@H]1CN3[C@@H](c1ccccc1)[C@@H]1CC=C[C@H]21. The van der Waals surface area contributed by atoms with Gasteiger partial charge in [-0.1, -0.05) is 55.3 Å². The van der Waals surface area contributed by atoms with Crippen LogP contribution in [0.5, 0.6) is 0 Å². The minimum Gasteiger partial charge on any atom is -0.478 e. The molecule has 148 valence electrons. The Morgan fingerprint density at radius 1 is 1.03 bits per heavy atom. The molecule has 0 spiro atoms. The Morgan fingerprint density at radius 3 is 2.66 bits per heavy atom. The van der Waals surface area contributed by atoms with Crippen LogP contribution >= 0.6 is 0 Å². The topological polar surface area (TPSA) is 40.5 Å². The maximum Gasteiger partial charge on any atom is 0.335 e.